The van der Waals surface area contributed by atoms with E-state index in [1.165, 1.54) is 225 Å². The fourth-order valence-corrected chi connectivity index (χ4v) is 13.9. The van der Waals surface area contributed by atoms with Crippen molar-refractivity contribution in [2.75, 3.05) is 39.6 Å². The van der Waals surface area contributed by atoms with Crippen LogP contribution in [0.4, 0.5) is 0 Å². The number of aliphatic hydroxyl groups is 1. The predicted octanol–water partition coefficient (Wildman–Crippen LogP) is 24.8. The van der Waals surface area contributed by atoms with Crippen molar-refractivity contribution >= 4 is 39.5 Å². The summed E-state index contributed by atoms with van der Waals surface area (Å²) in [6.07, 6.45) is 70.1. The molecule has 3 unspecified atom stereocenters. The number of esters is 4. The van der Waals surface area contributed by atoms with Gasteiger partial charge in [0.25, 0.3) is 0 Å². The minimum atomic E-state index is -4.97. The molecule has 19 heteroatoms. The molecule has 0 saturated heterocycles. The number of carbonyl (C=O) groups is 4. The molecule has 6 atom stereocenters. The molecule has 0 radical (unpaired) electrons. The first kappa shape index (κ1) is 99.5. The Hall–Kier alpha value is -2.46. The van der Waals surface area contributed by atoms with Crippen LogP contribution >= 0.6 is 15.6 Å². The third kappa shape index (κ3) is 74.4. The number of phosphoric ester groups is 2. The lowest BCUT2D eigenvalue weighted by Crippen LogP contribution is -2.30. The third-order valence-corrected chi connectivity index (χ3v) is 21.2. The van der Waals surface area contributed by atoms with Crippen LogP contribution in [0.2, 0.25) is 0 Å². The van der Waals surface area contributed by atoms with E-state index >= 15 is 0 Å². The molecule has 102 heavy (non-hydrogen) atoms. The van der Waals surface area contributed by atoms with Crippen LogP contribution in [0.15, 0.2) is 24.3 Å². The summed E-state index contributed by atoms with van der Waals surface area (Å²) in [6, 6.07) is 0. The van der Waals surface area contributed by atoms with E-state index in [9.17, 15) is 43.2 Å². The van der Waals surface area contributed by atoms with Gasteiger partial charge in [0, 0.05) is 25.7 Å². The van der Waals surface area contributed by atoms with E-state index in [1.54, 1.807) is 0 Å². The second-order valence-corrected chi connectivity index (χ2v) is 32.3. The predicted molar refractivity (Wildman–Crippen MR) is 418 cm³/mol. The highest BCUT2D eigenvalue weighted by Gasteiger charge is 2.30. The average Bonchev–Trinajstić information content (AvgIpc) is 0.914. The molecule has 0 aromatic carbocycles. The van der Waals surface area contributed by atoms with Crippen LogP contribution in [0.1, 0.15) is 420 Å². The van der Waals surface area contributed by atoms with Crippen LogP contribution in [0, 0.1) is 5.92 Å². The van der Waals surface area contributed by atoms with Gasteiger partial charge in [-0.05, 0) is 57.3 Å². The fourth-order valence-electron chi connectivity index (χ4n) is 12.4. The molecule has 17 nitrogen and oxygen atoms in total. The van der Waals surface area contributed by atoms with Gasteiger partial charge >= 0.3 is 39.5 Å². The molecule has 0 heterocycles. The molecule has 602 valence electrons. The van der Waals surface area contributed by atoms with Crippen LogP contribution < -0.4 is 0 Å². The fraction of sp³-hybridized carbons (Fsp3) is 0.904. The summed E-state index contributed by atoms with van der Waals surface area (Å²) in [7, 11) is -9.93. The summed E-state index contributed by atoms with van der Waals surface area (Å²) in [5, 5.41) is 10.7. The Morgan fingerprint density at radius 2 is 0.549 bits per heavy atom. The minimum Gasteiger partial charge on any atom is -0.462 e. The smallest absolute Gasteiger partial charge is 0.462 e. The number of ether oxygens (including phenoxy) is 4. The minimum absolute atomic E-state index is 0.102. The quantitative estimate of drug-likeness (QED) is 0.0169. The second kappa shape index (κ2) is 75.4. The SMILES string of the molecule is CCCCCC/C=C\C=C/CCCCCCCC(=O)OC[C@H](COP(=O)(O)OC[C@@H](O)COP(=O)(O)OC[C@@H](COC(=O)CCCCCCCCCCC(C)CC)OC(=O)CCCCCCCCCCCCCCCC)OC(=O)CCCCCCCCCCCCCCCCCCCCCCC. The van der Waals surface area contributed by atoms with E-state index in [4.69, 9.17) is 37.0 Å². The van der Waals surface area contributed by atoms with Crippen molar-refractivity contribution in [1.29, 1.82) is 0 Å². The monoisotopic (exact) mass is 1490 g/mol. The molecule has 0 bridgehead atoms. The van der Waals surface area contributed by atoms with Gasteiger partial charge < -0.3 is 33.8 Å². The number of phosphoric acid groups is 2. The molecule has 3 N–H and O–H groups in total. The standard InChI is InChI=1S/C83H158O17P2/c1-6-10-13-16-19-22-25-28-31-32-33-34-35-36-38-41-44-47-54-59-64-69-83(88)99-78(72-93-80(85)66-61-56-51-45-42-40-37-29-26-23-20-17-14-11-7-2)74-97-101(89,90)95-70-77(84)71-96-102(91,92)98-75-79(73-94-81(86)67-62-57-52-49-48-50-55-60-65-76(5)9-4)100-82(87)68-63-58-53-46-43-39-30-27-24-21-18-15-12-8-3/h23,26,29,37,76-79,84H,6-22,24-25,27-28,30-36,38-75H2,1-5H3,(H,89,90)(H,91,92)/b26-23-,37-29-/t76?,77-,78-,79-/m1/s1. The highest BCUT2D eigenvalue weighted by Crippen LogP contribution is 2.45. The maximum atomic E-state index is 13.1. The van der Waals surface area contributed by atoms with Crippen molar-refractivity contribution < 1.29 is 80.2 Å². The molecule has 0 aromatic heterocycles. The number of hydrogen-bond acceptors (Lipinski definition) is 15. The lowest BCUT2D eigenvalue weighted by molar-refractivity contribution is -0.161. The van der Waals surface area contributed by atoms with Crippen LogP contribution in [0.5, 0.6) is 0 Å². The molecule has 0 fully saturated rings. The van der Waals surface area contributed by atoms with Crippen molar-refractivity contribution in [2.45, 2.75) is 438 Å². The average molecular weight is 1490 g/mol. The normalized spacial score (nSPS) is 14.2. The van der Waals surface area contributed by atoms with Crippen molar-refractivity contribution in [2.24, 2.45) is 5.92 Å². The van der Waals surface area contributed by atoms with Gasteiger partial charge in [-0.2, -0.15) is 0 Å². The molecule has 0 aliphatic heterocycles. The Morgan fingerprint density at radius 1 is 0.314 bits per heavy atom. The van der Waals surface area contributed by atoms with Gasteiger partial charge in [0.2, 0.25) is 0 Å². The van der Waals surface area contributed by atoms with Crippen molar-refractivity contribution in [3.8, 4) is 0 Å². The summed E-state index contributed by atoms with van der Waals surface area (Å²) in [5.74, 6) is -1.36. The molecule has 0 aliphatic carbocycles. The Bertz CT molecular complexity index is 2040. The number of carbonyl (C=O) groups excluding carboxylic acids is 4. The van der Waals surface area contributed by atoms with E-state index in [1.807, 2.05) is 0 Å². The van der Waals surface area contributed by atoms with Crippen LogP contribution in [-0.2, 0) is 65.4 Å². The van der Waals surface area contributed by atoms with Crippen LogP contribution in [0.25, 0.3) is 0 Å². The van der Waals surface area contributed by atoms with E-state index in [0.717, 1.165) is 115 Å². The van der Waals surface area contributed by atoms with Crippen molar-refractivity contribution in [3.63, 3.8) is 0 Å². The first-order valence-corrected chi connectivity index (χ1v) is 45.5. The van der Waals surface area contributed by atoms with E-state index in [-0.39, 0.29) is 25.7 Å². The molecule has 0 amide bonds. The van der Waals surface area contributed by atoms with Gasteiger partial charge in [0.05, 0.1) is 26.4 Å². The van der Waals surface area contributed by atoms with Gasteiger partial charge in [-0.1, -0.05) is 367 Å². The molecular formula is C83H158O17P2. The molecule has 0 aromatic rings. The Labute approximate surface area is 624 Å². The molecule has 0 rings (SSSR count). The van der Waals surface area contributed by atoms with Gasteiger partial charge in [-0.25, -0.2) is 9.13 Å². The zero-order chi connectivity index (χ0) is 74.8. The number of aliphatic hydroxyl groups excluding tert-OH is 1. The van der Waals surface area contributed by atoms with Crippen LogP contribution in [0.3, 0.4) is 0 Å². The largest absolute Gasteiger partial charge is 0.472 e. The maximum Gasteiger partial charge on any atom is 0.472 e. The zero-order valence-corrected chi connectivity index (χ0v) is 68.0. The van der Waals surface area contributed by atoms with Gasteiger partial charge in [0.15, 0.2) is 12.2 Å². The highest BCUT2D eigenvalue weighted by atomic mass is 31.2. The Morgan fingerprint density at radius 3 is 0.833 bits per heavy atom. The van der Waals surface area contributed by atoms with Crippen LogP contribution in [-0.4, -0.2) is 96.7 Å². The summed E-state index contributed by atoms with van der Waals surface area (Å²) in [6.45, 7) is 7.28. The van der Waals surface area contributed by atoms with Crippen molar-refractivity contribution in [3.05, 3.63) is 24.3 Å². The van der Waals surface area contributed by atoms with Gasteiger partial charge in [-0.3, -0.25) is 37.3 Å². The molecule has 0 aliphatic rings. The maximum absolute atomic E-state index is 13.1. The lowest BCUT2D eigenvalue weighted by atomic mass is 9.99. The third-order valence-electron chi connectivity index (χ3n) is 19.3. The number of rotatable bonds is 81. The second-order valence-electron chi connectivity index (χ2n) is 29.4. The Balaban J connectivity index is 5.27. The van der Waals surface area contributed by atoms with E-state index in [0.29, 0.717) is 25.7 Å². The topological polar surface area (TPSA) is 237 Å². The highest BCUT2D eigenvalue weighted by molar-refractivity contribution is 7.47. The molecular weight excluding hydrogens is 1330 g/mol. The van der Waals surface area contributed by atoms with Gasteiger partial charge in [0.1, 0.15) is 19.3 Å². The summed E-state index contributed by atoms with van der Waals surface area (Å²) < 4.78 is 68.7. The lowest BCUT2D eigenvalue weighted by Gasteiger charge is -2.21. The first-order chi connectivity index (χ1) is 49.6. The first-order valence-electron chi connectivity index (χ1n) is 42.5. The van der Waals surface area contributed by atoms with E-state index < -0.39 is 97.5 Å². The van der Waals surface area contributed by atoms with Gasteiger partial charge in [-0.15, -0.1) is 0 Å². The summed E-state index contributed by atoms with van der Waals surface area (Å²) >= 11 is 0. The molecule has 0 saturated carbocycles. The van der Waals surface area contributed by atoms with E-state index in [2.05, 4.69) is 58.9 Å². The number of allylic oxidation sites excluding steroid dienone is 4. The number of unbranched alkanes of at least 4 members (excludes halogenated alkanes) is 49. The van der Waals surface area contributed by atoms with Crippen molar-refractivity contribution in [1.82, 2.24) is 0 Å². The molecule has 0 spiro atoms. The number of hydrogen-bond donors (Lipinski definition) is 3. The zero-order valence-electron chi connectivity index (χ0n) is 66.2. The summed E-state index contributed by atoms with van der Waals surface area (Å²) in [5.41, 5.74) is 0. The Kier molecular flexibility index (Phi) is 73.5. The summed E-state index contributed by atoms with van der Waals surface area (Å²) in [4.78, 5) is 73.1.